The molecule has 1 atom stereocenters. The average Bonchev–Trinajstić information content (AvgIpc) is 3.00. The molecule has 1 spiro atoms. The summed E-state index contributed by atoms with van der Waals surface area (Å²) in [5.74, 6) is 0.390. The summed E-state index contributed by atoms with van der Waals surface area (Å²) in [6.45, 7) is 7.20. The maximum absolute atomic E-state index is 9.88. The summed E-state index contributed by atoms with van der Waals surface area (Å²) < 4.78 is 5.22. The van der Waals surface area contributed by atoms with Crippen LogP contribution in [0.2, 0.25) is 0 Å². The molecule has 0 saturated carbocycles. The van der Waals surface area contributed by atoms with Crippen molar-refractivity contribution in [1.29, 1.82) is 5.26 Å². The third-order valence-corrected chi connectivity index (χ3v) is 6.06. The second kappa shape index (κ2) is 8.29. The first-order valence-electron chi connectivity index (χ1n) is 9.22. The minimum Gasteiger partial charge on any atom is -0.396 e. The number of hydrogen-bond acceptors (Lipinski definition) is 5. The lowest BCUT2D eigenvalue weighted by molar-refractivity contribution is 0.0477. The molecule has 2 heterocycles. The van der Waals surface area contributed by atoms with Gasteiger partial charge in [-0.05, 0) is 49.0 Å². The summed E-state index contributed by atoms with van der Waals surface area (Å²) in [6, 6.07) is 10.1. The fourth-order valence-corrected chi connectivity index (χ4v) is 4.45. The van der Waals surface area contributed by atoms with Crippen LogP contribution < -0.4 is 0 Å². The molecule has 2 saturated heterocycles. The predicted molar refractivity (Wildman–Crippen MR) is 97.0 cm³/mol. The van der Waals surface area contributed by atoms with Gasteiger partial charge >= 0.3 is 0 Å². The van der Waals surface area contributed by atoms with E-state index in [1.165, 1.54) is 5.56 Å². The van der Waals surface area contributed by atoms with Gasteiger partial charge in [-0.2, -0.15) is 5.26 Å². The van der Waals surface area contributed by atoms with E-state index in [1.54, 1.807) is 7.11 Å². The monoisotopic (exact) mass is 343 g/mol. The normalized spacial score (nSPS) is 23.8. The summed E-state index contributed by atoms with van der Waals surface area (Å²) in [4.78, 5) is 4.96. The van der Waals surface area contributed by atoms with Gasteiger partial charge in [-0.3, -0.25) is 4.90 Å². The van der Waals surface area contributed by atoms with E-state index >= 15 is 0 Å². The Bertz CT molecular complexity index is 588. The fourth-order valence-electron chi connectivity index (χ4n) is 4.45. The van der Waals surface area contributed by atoms with Gasteiger partial charge in [0.2, 0.25) is 0 Å². The van der Waals surface area contributed by atoms with Crippen LogP contribution in [0.5, 0.6) is 0 Å². The molecule has 1 N–H and O–H groups in total. The molecule has 0 aromatic heterocycles. The van der Waals surface area contributed by atoms with Crippen molar-refractivity contribution in [2.24, 2.45) is 11.3 Å². The molecule has 1 aromatic carbocycles. The molecule has 0 amide bonds. The summed E-state index contributed by atoms with van der Waals surface area (Å²) >= 11 is 0. The van der Waals surface area contributed by atoms with Crippen molar-refractivity contribution >= 4 is 0 Å². The summed E-state index contributed by atoms with van der Waals surface area (Å²) in [6.07, 6.45) is 2.30. The largest absolute Gasteiger partial charge is 0.396 e. The Kier molecular flexibility index (Phi) is 6.08. The zero-order chi connectivity index (χ0) is 17.7. The Hall–Kier alpha value is -1.45. The maximum Gasteiger partial charge on any atom is 0.0991 e. The molecular formula is C20H29N3O2. The number of hydrogen-bond donors (Lipinski definition) is 1. The molecule has 0 aliphatic carbocycles. The zero-order valence-electron chi connectivity index (χ0n) is 15.2. The lowest BCUT2D eigenvalue weighted by Gasteiger charge is -2.42. The predicted octanol–water partition coefficient (Wildman–Crippen LogP) is 1.71. The van der Waals surface area contributed by atoms with Crippen molar-refractivity contribution in [2.45, 2.75) is 19.4 Å². The van der Waals surface area contributed by atoms with E-state index < -0.39 is 0 Å². The van der Waals surface area contributed by atoms with Gasteiger partial charge < -0.3 is 14.7 Å². The Labute approximate surface area is 150 Å². The van der Waals surface area contributed by atoms with Crippen molar-refractivity contribution < 1.29 is 9.84 Å². The lowest BCUT2D eigenvalue weighted by atomic mass is 9.71. The number of benzene rings is 1. The van der Waals surface area contributed by atoms with Crippen LogP contribution in [0, 0.1) is 22.7 Å². The van der Waals surface area contributed by atoms with E-state index in [9.17, 15) is 5.11 Å². The van der Waals surface area contributed by atoms with Gasteiger partial charge in [0.1, 0.15) is 0 Å². The van der Waals surface area contributed by atoms with Crippen LogP contribution in [0.4, 0.5) is 0 Å². The van der Waals surface area contributed by atoms with Crippen LogP contribution in [0.3, 0.4) is 0 Å². The molecule has 2 aliphatic rings. The molecule has 1 aromatic rings. The lowest BCUT2D eigenvalue weighted by Crippen LogP contribution is -2.44. The van der Waals surface area contributed by atoms with E-state index in [2.05, 4.69) is 28.0 Å². The standard InChI is InChI=1S/C20H29N3O2/c1-25-11-10-23-14-19(15-24)20(16-23)6-8-22(9-7-20)13-18-4-2-17(12-21)3-5-18/h2-5,19,24H,6-11,13-16H2,1H3. The van der Waals surface area contributed by atoms with Gasteiger partial charge in [0.15, 0.2) is 0 Å². The van der Waals surface area contributed by atoms with E-state index in [-0.39, 0.29) is 5.41 Å². The fraction of sp³-hybridized carbons (Fsp3) is 0.650. The highest BCUT2D eigenvalue weighted by molar-refractivity contribution is 5.31. The van der Waals surface area contributed by atoms with E-state index in [0.29, 0.717) is 18.1 Å². The topological polar surface area (TPSA) is 59.7 Å². The Morgan fingerprint density at radius 2 is 1.96 bits per heavy atom. The van der Waals surface area contributed by atoms with Gasteiger partial charge in [0, 0.05) is 45.8 Å². The molecule has 2 aliphatic heterocycles. The SMILES string of the molecule is COCCN1CC(CO)C2(CCN(Cc3ccc(C#N)cc3)CC2)C1. The first kappa shape index (κ1) is 18.3. The Morgan fingerprint density at radius 3 is 2.56 bits per heavy atom. The third-order valence-electron chi connectivity index (χ3n) is 6.06. The summed E-state index contributed by atoms with van der Waals surface area (Å²) in [5, 5.41) is 18.8. The molecule has 3 rings (SSSR count). The highest BCUT2D eigenvalue weighted by Gasteiger charge is 2.47. The minimum absolute atomic E-state index is 0.268. The molecule has 136 valence electrons. The Balaban J connectivity index is 1.55. The van der Waals surface area contributed by atoms with Crippen molar-refractivity contribution in [3.05, 3.63) is 35.4 Å². The molecule has 25 heavy (non-hydrogen) atoms. The van der Waals surface area contributed by atoms with Crippen molar-refractivity contribution in [3.8, 4) is 6.07 Å². The molecule has 0 radical (unpaired) electrons. The van der Waals surface area contributed by atoms with E-state index in [0.717, 1.165) is 58.7 Å². The molecular weight excluding hydrogens is 314 g/mol. The van der Waals surface area contributed by atoms with Crippen LogP contribution in [0.25, 0.3) is 0 Å². The number of nitriles is 1. The molecule has 5 heteroatoms. The first-order chi connectivity index (χ1) is 12.2. The third kappa shape index (κ3) is 4.21. The number of likely N-dealkylation sites (tertiary alicyclic amines) is 2. The second-order valence-corrected chi connectivity index (χ2v) is 7.55. The van der Waals surface area contributed by atoms with Crippen LogP contribution in [-0.4, -0.2) is 68.0 Å². The summed E-state index contributed by atoms with van der Waals surface area (Å²) in [5.41, 5.74) is 2.25. The number of methoxy groups -OCH3 is 1. The maximum atomic E-state index is 9.88. The number of aliphatic hydroxyl groups is 1. The zero-order valence-corrected chi connectivity index (χ0v) is 15.2. The number of piperidine rings is 1. The van der Waals surface area contributed by atoms with Crippen molar-refractivity contribution in [1.82, 2.24) is 9.80 Å². The minimum atomic E-state index is 0.268. The smallest absolute Gasteiger partial charge is 0.0991 e. The molecule has 1 unspecified atom stereocenters. The van der Waals surface area contributed by atoms with Gasteiger partial charge in [0.25, 0.3) is 0 Å². The number of ether oxygens (including phenoxy) is 1. The van der Waals surface area contributed by atoms with Gasteiger partial charge in [0.05, 0.1) is 18.2 Å². The quantitative estimate of drug-likeness (QED) is 0.852. The number of rotatable bonds is 6. The second-order valence-electron chi connectivity index (χ2n) is 7.55. The summed E-state index contributed by atoms with van der Waals surface area (Å²) in [7, 11) is 1.75. The molecule has 2 fully saturated rings. The van der Waals surface area contributed by atoms with Crippen molar-refractivity contribution in [3.63, 3.8) is 0 Å². The molecule has 0 bridgehead atoms. The highest BCUT2D eigenvalue weighted by atomic mass is 16.5. The van der Waals surface area contributed by atoms with Crippen LogP contribution in [0.15, 0.2) is 24.3 Å². The van der Waals surface area contributed by atoms with Crippen molar-refractivity contribution in [2.75, 3.05) is 53.0 Å². The van der Waals surface area contributed by atoms with Crippen LogP contribution in [-0.2, 0) is 11.3 Å². The number of aliphatic hydroxyl groups excluding tert-OH is 1. The average molecular weight is 343 g/mol. The van der Waals surface area contributed by atoms with Crippen LogP contribution in [0.1, 0.15) is 24.0 Å². The molecule has 5 nitrogen and oxygen atoms in total. The highest BCUT2D eigenvalue weighted by Crippen LogP contribution is 2.44. The van der Waals surface area contributed by atoms with E-state index in [1.807, 2.05) is 12.1 Å². The number of nitrogens with zero attached hydrogens (tertiary/aromatic N) is 3. The van der Waals surface area contributed by atoms with Gasteiger partial charge in [-0.25, -0.2) is 0 Å². The van der Waals surface area contributed by atoms with E-state index in [4.69, 9.17) is 10.00 Å². The van der Waals surface area contributed by atoms with Gasteiger partial charge in [-0.1, -0.05) is 12.1 Å². The Morgan fingerprint density at radius 1 is 1.24 bits per heavy atom. The first-order valence-corrected chi connectivity index (χ1v) is 9.22. The van der Waals surface area contributed by atoms with Crippen LogP contribution >= 0.6 is 0 Å². The van der Waals surface area contributed by atoms with Gasteiger partial charge in [-0.15, -0.1) is 0 Å².